The van der Waals surface area contributed by atoms with Crippen LogP contribution in [-0.2, 0) is 11.3 Å². The molecule has 1 unspecified atom stereocenters. The Balaban J connectivity index is 1.67. The van der Waals surface area contributed by atoms with E-state index in [-0.39, 0.29) is 17.1 Å². The summed E-state index contributed by atoms with van der Waals surface area (Å²) < 4.78 is 13.9. The standard InChI is InChI=1S/C20H29FN2O2/c1-15(24)23-14-20(12-18(25)19(23,2)3)8-10-22(11-9-20)13-16-6-4-5-7-17(16)21/h4-7,18,25H,8-14H2,1-3H3. The maximum absolute atomic E-state index is 13.9. The van der Waals surface area contributed by atoms with Crippen LogP contribution in [0.4, 0.5) is 4.39 Å². The Morgan fingerprint density at radius 1 is 1.28 bits per heavy atom. The zero-order valence-corrected chi connectivity index (χ0v) is 15.5. The van der Waals surface area contributed by atoms with Crippen LogP contribution in [0.2, 0.25) is 0 Å². The summed E-state index contributed by atoms with van der Waals surface area (Å²) in [4.78, 5) is 16.2. The molecule has 2 aliphatic rings. The molecule has 1 aromatic carbocycles. The molecule has 1 N–H and O–H groups in total. The van der Waals surface area contributed by atoms with E-state index in [1.54, 1.807) is 13.0 Å². The van der Waals surface area contributed by atoms with Crippen LogP contribution >= 0.6 is 0 Å². The van der Waals surface area contributed by atoms with E-state index in [0.717, 1.165) is 37.9 Å². The highest BCUT2D eigenvalue weighted by Crippen LogP contribution is 2.45. The predicted octanol–water partition coefficient (Wildman–Crippen LogP) is 2.80. The van der Waals surface area contributed by atoms with E-state index in [2.05, 4.69) is 4.90 Å². The minimum atomic E-state index is -0.513. The third kappa shape index (κ3) is 3.58. The summed E-state index contributed by atoms with van der Waals surface area (Å²) in [5.74, 6) is -0.128. The van der Waals surface area contributed by atoms with Crippen molar-refractivity contribution in [3.05, 3.63) is 35.6 Å². The van der Waals surface area contributed by atoms with Gasteiger partial charge in [0.05, 0.1) is 11.6 Å². The smallest absolute Gasteiger partial charge is 0.219 e. The van der Waals surface area contributed by atoms with Gasteiger partial charge in [-0.3, -0.25) is 9.69 Å². The Bertz CT molecular complexity index is 638. The SMILES string of the molecule is CC(=O)N1CC2(CCN(Cc3ccccc3F)CC2)CC(O)C1(C)C. The molecule has 2 aliphatic heterocycles. The fraction of sp³-hybridized carbons (Fsp3) is 0.650. The topological polar surface area (TPSA) is 43.8 Å². The second kappa shape index (κ2) is 6.69. The van der Waals surface area contributed by atoms with Gasteiger partial charge in [0.2, 0.25) is 5.91 Å². The number of hydrogen-bond acceptors (Lipinski definition) is 3. The Labute approximate surface area is 149 Å². The van der Waals surface area contributed by atoms with Crippen LogP contribution in [0.15, 0.2) is 24.3 Å². The van der Waals surface area contributed by atoms with E-state index in [4.69, 9.17) is 0 Å². The first-order valence-corrected chi connectivity index (χ1v) is 9.16. The van der Waals surface area contributed by atoms with Crippen molar-refractivity contribution in [3.63, 3.8) is 0 Å². The number of piperidine rings is 2. The van der Waals surface area contributed by atoms with Gasteiger partial charge in [-0.15, -0.1) is 0 Å². The molecule has 1 atom stereocenters. The lowest BCUT2D eigenvalue weighted by molar-refractivity contribution is -0.157. The van der Waals surface area contributed by atoms with E-state index in [1.165, 1.54) is 6.07 Å². The van der Waals surface area contributed by atoms with Crippen molar-refractivity contribution in [2.24, 2.45) is 5.41 Å². The summed E-state index contributed by atoms with van der Waals surface area (Å²) >= 11 is 0. The maximum atomic E-state index is 13.9. The molecule has 3 rings (SSSR count). The minimum absolute atomic E-state index is 0.0215. The molecule has 2 fully saturated rings. The number of halogens is 1. The summed E-state index contributed by atoms with van der Waals surface area (Å²) in [5.41, 5.74) is 0.196. The van der Waals surface area contributed by atoms with Gasteiger partial charge in [-0.2, -0.15) is 0 Å². The van der Waals surface area contributed by atoms with Crippen molar-refractivity contribution >= 4 is 5.91 Å². The monoisotopic (exact) mass is 348 g/mol. The molecular formula is C20H29FN2O2. The number of nitrogens with zero attached hydrogens (tertiary/aromatic N) is 2. The fourth-order valence-corrected chi connectivity index (χ4v) is 4.38. The number of rotatable bonds is 2. The molecule has 25 heavy (non-hydrogen) atoms. The maximum Gasteiger partial charge on any atom is 0.219 e. The van der Waals surface area contributed by atoms with Crippen molar-refractivity contribution in [2.75, 3.05) is 19.6 Å². The molecule has 0 saturated carbocycles. The number of aliphatic hydroxyl groups is 1. The number of aliphatic hydroxyl groups excluding tert-OH is 1. The average Bonchev–Trinajstić information content (AvgIpc) is 2.55. The van der Waals surface area contributed by atoms with Gasteiger partial charge in [0.15, 0.2) is 0 Å². The number of carbonyl (C=O) groups is 1. The number of benzene rings is 1. The Hall–Kier alpha value is -1.46. The summed E-state index contributed by atoms with van der Waals surface area (Å²) in [6.07, 6.45) is 2.08. The molecule has 5 heteroatoms. The Morgan fingerprint density at radius 2 is 1.92 bits per heavy atom. The van der Waals surface area contributed by atoms with E-state index in [1.807, 2.05) is 30.9 Å². The summed E-state index contributed by atoms with van der Waals surface area (Å²) in [7, 11) is 0. The molecule has 138 valence electrons. The normalized spacial score (nSPS) is 26.0. The lowest BCUT2D eigenvalue weighted by Gasteiger charge is -2.55. The van der Waals surface area contributed by atoms with Crippen LogP contribution < -0.4 is 0 Å². The van der Waals surface area contributed by atoms with E-state index in [9.17, 15) is 14.3 Å². The molecule has 0 radical (unpaired) electrons. The van der Waals surface area contributed by atoms with E-state index < -0.39 is 11.6 Å². The van der Waals surface area contributed by atoms with Gasteiger partial charge in [0, 0.05) is 25.6 Å². The van der Waals surface area contributed by atoms with Crippen molar-refractivity contribution in [1.82, 2.24) is 9.80 Å². The van der Waals surface area contributed by atoms with Crippen molar-refractivity contribution < 1.29 is 14.3 Å². The number of carbonyl (C=O) groups excluding carboxylic acids is 1. The molecule has 0 aliphatic carbocycles. The largest absolute Gasteiger partial charge is 0.391 e. The number of hydrogen-bond donors (Lipinski definition) is 1. The zero-order chi connectivity index (χ0) is 18.2. The second-order valence-corrected chi connectivity index (χ2v) is 8.35. The van der Waals surface area contributed by atoms with Gasteiger partial charge in [0.25, 0.3) is 0 Å². The summed E-state index contributed by atoms with van der Waals surface area (Å²) in [6, 6.07) is 6.93. The summed E-state index contributed by atoms with van der Waals surface area (Å²) in [6.45, 7) is 8.53. The van der Waals surface area contributed by atoms with Crippen LogP contribution in [0.3, 0.4) is 0 Å². The van der Waals surface area contributed by atoms with Crippen LogP contribution in [0.5, 0.6) is 0 Å². The van der Waals surface area contributed by atoms with E-state index in [0.29, 0.717) is 13.1 Å². The first-order chi connectivity index (χ1) is 11.7. The Kier molecular flexibility index (Phi) is 4.91. The highest BCUT2D eigenvalue weighted by atomic mass is 19.1. The second-order valence-electron chi connectivity index (χ2n) is 8.35. The third-order valence-electron chi connectivity index (χ3n) is 6.28. The molecule has 0 bridgehead atoms. The van der Waals surface area contributed by atoms with Gasteiger partial charge >= 0.3 is 0 Å². The fourth-order valence-electron chi connectivity index (χ4n) is 4.38. The van der Waals surface area contributed by atoms with Gasteiger partial charge in [-0.25, -0.2) is 4.39 Å². The zero-order valence-electron chi connectivity index (χ0n) is 15.5. The van der Waals surface area contributed by atoms with E-state index >= 15 is 0 Å². The molecule has 2 saturated heterocycles. The average molecular weight is 348 g/mol. The molecule has 1 aromatic rings. The van der Waals surface area contributed by atoms with Crippen LogP contribution in [0.25, 0.3) is 0 Å². The van der Waals surface area contributed by atoms with Crippen LogP contribution in [-0.4, -0.2) is 52.1 Å². The molecule has 2 heterocycles. The van der Waals surface area contributed by atoms with Gasteiger partial charge in [-0.1, -0.05) is 18.2 Å². The Morgan fingerprint density at radius 3 is 2.52 bits per heavy atom. The van der Waals surface area contributed by atoms with Crippen molar-refractivity contribution in [3.8, 4) is 0 Å². The van der Waals surface area contributed by atoms with Gasteiger partial charge < -0.3 is 10.0 Å². The van der Waals surface area contributed by atoms with Crippen LogP contribution in [0.1, 0.15) is 45.6 Å². The first-order valence-electron chi connectivity index (χ1n) is 9.16. The molecule has 0 aromatic heterocycles. The predicted molar refractivity (Wildman–Crippen MR) is 95.4 cm³/mol. The summed E-state index contributed by atoms with van der Waals surface area (Å²) in [5, 5.41) is 10.7. The lowest BCUT2D eigenvalue weighted by Crippen LogP contribution is -2.64. The van der Waals surface area contributed by atoms with Crippen molar-refractivity contribution in [1.29, 1.82) is 0 Å². The third-order valence-corrected chi connectivity index (χ3v) is 6.28. The highest BCUT2D eigenvalue weighted by molar-refractivity contribution is 5.74. The lowest BCUT2D eigenvalue weighted by atomic mass is 9.67. The molecule has 1 spiro atoms. The van der Waals surface area contributed by atoms with Crippen LogP contribution in [0, 0.1) is 11.2 Å². The van der Waals surface area contributed by atoms with Gasteiger partial charge in [0.1, 0.15) is 5.82 Å². The number of amides is 1. The van der Waals surface area contributed by atoms with Crippen molar-refractivity contribution in [2.45, 2.75) is 58.2 Å². The number of likely N-dealkylation sites (tertiary alicyclic amines) is 2. The van der Waals surface area contributed by atoms with Gasteiger partial charge in [-0.05, 0) is 57.7 Å². The quantitative estimate of drug-likeness (QED) is 0.894. The highest BCUT2D eigenvalue weighted by Gasteiger charge is 2.50. The molecular weight excluding hydrogens is 319 g/mol. The molecule has 4 nitrogen and oxygen atoms in total. The molecule has 1 amide bonds. The first kappa shape index (κ1) is 18.3. The minimum Gasteiger partial charge on any atom is -0.391 e.